The zero-order chi connectivity index (χ0) is 16.6. The van der Waals surface area contributed by atoms with Crippen LogP contribution in [-0.2, 0) is 17.6 Å². The number of pyridine rings is 1. The summed E-state index contributed by atoms with van der Waals surface area (Å²) in [4.78, 5) is 16.9. The van der Waals surface area contributed by atoms with Gasteiger partial charge in [0.2, 0.25) is 0 Å². The summed E-state index contributed by atoms with van der Waals surface area (Å²) in [5.41, 5.74) is 3.46. The van der Waals surface area contributed by atoms with Gasteiger partial charge in [-0.15, -0.1) is 0 Å². The molecule has 0 radical (unpaired) electrons. The van der Waals surface area contributed by atoms with Crippen LogP contribution >= 0.6 is 0 Å². The summed E-state index contributed by atoms with van der Waals surface area (Å²) in [6, 6.07) is 6.42. The van der Waals surface area contributed by atoms with Gasteiger partial charge in [0.1, 0.15) is 11.5 Å². The topological polar surface area (TPSA) is 51.1 Å². The van der Waals surface area contributed by atoms with Crippen molar-refractivity contribution in [2.45, 2.75) is 57.1 Å². The molecule has 2 atom stereocenters. The Kier molecular flexibility index (Phi) is 3.89. The van der Waals surface area contributed by atoms with Crippen molar-refractivity contribution in [2.24, 2.45) is 0 Å². The third kappa shape index (κ3) is 2.71. The summed E-state index contributed by atoms with van der Waals surface area (Å²) < 4.78 is 6.12. The standard InChI is InChI=1S/C20H24N4O/c1-2-11-21-16(7-1)19-22-15-8-3-6-14(15)20(23-19)24-12-5-13-25-18-10-4-9-17(18)24/h1-2,7,11,17-18H,3-6,8-10,12-13H2/t17-,18-/m0/s1. The summed E-state index contributed by atoms with van der Waals surface area (Å²) in [5, 5.41) is 0. The molecular weight excluding hydrogens is 312 g/mol. The minimum Gasteiger partial charge on any atom is -0.376 e. The van der Waals surface area contributed by atoms with E-state index in [1.807, 2.05) is 24.4 Å². The lowest BCUT2D eigenvalue weighted by atomic mass is 10.1. The SMILES string of the molecule is c1ccc(-c2nc3c(c(N4CCCO[C@H]5CCC[C@@H]54)n2)CCC3)nc1. The van der Waals surface area contributed by atoms with Gasteiger partial charge in [0.05, 0.1) is 12.1 Å². The molecule has 2 fully saturated rings. The molecule has 130 valence electrons. The van der Waals surface area contributed by atoms with Crippen molar-refractivity contribution >= 4 is 5.82 Å². The van der Waals surface area contributed by atoms with Gasteiger partial charge in [-0.2, -0.15) is 0 Å². The molecule has 5 nitrogen and oxygen atoms in total. The zero-order valence-corrected chi connectivity index (χ0v) is 14.5. The fourth-order valence-corrected chi connectivity index (χ4v) is 4.62. The van der Waals surface area contributed by atoms with Crippen LogP contribution in [0.3, 0.4) is 0 Å². The van der Waals surface area contributed by atoms with Crippen molar-refractivity contribution in [2.75, 3.05) is 18.1 Å². The lowest BCUT2D eigenvalue weighted by Crippen LogP contribution is -2.41. The molecule has 0 aromatic carbocycles. The van der Waals surface area contributed by atoms with Crippen LogP contribution < -0.4 is 4.90 Å². The normalized spacial score (nSPS) is 25.5. The number of nitrogens with zero attached hydrogens (tertiary/aromatic N) is 4. The number of aryl methyl sites for hydroxylation is 1. The van der Waals surface area contributed by atoms with E-state index < -0.39 is 0 Å². The number of anilines is 1. The zero-order valence-electron chi connectivity index (χ0n) is 14.5. The average Bonchev–Trinajstić information content (AvgIpc) is 3.27. The van der Waals surface area contributed by atoms with E-state index in [-0.39, 0.29) is 0 Å². The average molecular weight is 336 g/mol. The second-order valence-electron chi connectivity index (χ2n) is 7.32. The number of aromatic nitrogens is 3. The van der Waals surface area contributed by atoms with E-state index >= 15 is 0 Å². The smallest absolute Gasteiger partial charge is 0.180 e. The van der Waals surface area contributed by atoms with Crippen LogP contribution in [0.1, 0.15) is 43.4 Å². The molecule has 0 spiro atoms. The van der Waals surface area contributed by atoms with Gasteiger partial charge in [0, 0.05) is 30.6 Å². The maximum atomic E-state index is 6.12. The Bertz CT molecular complexity index is 764. The minimum atomic E-state index is 0.368. The third-order valence-corrected chi connectivity index (χ3v) is 5.77. The first-order valence-corrected chi connectivity index (χ1v) is 9.59. The highest BCUT2D eigenvalue weighted by Gasteiger charge is 2.37. The Balaban J connectivity index is 1.61. The maximum absolute atomic E-state index is 6.12. The van der Waals surface area contributed by atoms with E-state index in [1.165, 1.54) is 36.9 Å². The summed E-state index contributed by atoms with van der Waals surface area (Å²) in [5.74, 6) is 1.93. The van der Waals surface area contributed by atoms with Crippen molar-refractivity contribution in [3.05, 3.63) is 35.7 Å². The van der Waals surface area contributed by atoms with Gasteiger partial charge in [-0.05, 0) is 57.1 Å². The Morgan fingerprint density at radius 2 is 2.04 bits per heavy atom. The Morgan fingerprint density at radius 3 is 2.96 bits per heavy atom. The molecule has 3 aliphatic rings. The van der Waals surface area contributed by atoms with Gasteiger partial charge in [0.25, 0.3) is 0 Å². The quantitative estimate of drug-likeness (QED) is 0.843. The van der Waals surface area contributed by atoms with Crippen molar-refractivity contribution in [3.8, 4) is 11.5 Å². The van der Waals surface area contributed by atoms with E-state index in [0.29, 0.717) is 12.1 Å². The van der Waals surface area contributed by atoms with E-state index in [0.717, 1.165) is 49.8 Å². The largest absolute Gasteiger partial charge is 0.376 e. The Hall–Kier alpha value is -2.01. The summed E-state index contributed by atoms with van der Waals surface area (Å²) in [7, 11) is 0. The van der Waals surface area contributed by atoms with Crippen LogP contribution in [0.2, 0.25) is 0 Å². The second kappa shape index (κ2) is 6.37. The number of ether oxygens (including phenoxy) is 1. The predicted octanol–water partition coefficient (Wildman–Crippen LogP) is 3.18. The molecule has 2 aliphatic carbocycles. The third-order valence-electron chi connectivity index (χ3n) is 5.77. The van der Waals surface area contributed by atoms with Gasteiger partial charge in [-0.1, -0.05) is 6.07 Å². The van der Waals surface area contributed by atoms with E-state index in [9.17, 15) is 0 Å². The minimum absolute atomic E-state index is 0.368. The van der Waals surface area contributed by atoms with E-state index in [2.05, 4.69) is 9.88 Å². The molecule has 3 heterocycles. The summed E-state index contributed by atoms with van der Waals surface area (Å²) >= 11 is 0. The molecular formula is C20H24N4O. The molecule has 0 amide bonds. The van der Waals surface area contributed by atoms with Gasteiger partial charge in [0.15, 0.2) is 5.82 Å². The van der Waals surface area contributed by atoms with Crippen LogP contribution in [0.4, 0.5) is 5.82 Å². The van der Waals surface area contributed by atoms with Gasteiger partial charge >= 0.3 is 0 Å². The first kappa shape index (κ1) is 15.3. The summed E-state index contributed by atoms with van der Waals surface area (Å²) in [6.07, 6.45) is 10.2. The molecule has 25 heavy (non-hydrogen) atoms. The summed E-state index contributed by atoms with van der Waals surface area (Å²) in [6.45, 7) is 1.91. The fraction of sp³-hybridized carbons (Fsp3) is 0.550. The van der Waals surface area contributed by atoms with Crippen molar-refractivity contribution in [1.29, 1.82) is 0 Å². The molecule has 1 saturated carbocycles. The molecule has 0 unspecified atom stereocenters. The van der Waals surface area contributed by atoms with Crippen LogP contribution in [0, 0.1) is 0 Å². The monoisotopic (exact) mass is 336 g/mol. The highest BCUT2D eigenvalue weighted by Crippen LogP contribution is 2.37. The molecule has 1 saturated heterocycles. The second-order valence-corrected chi connectivity index (χ2v) is 7.32. The predicted molar refractivity (Wildman–Crippen MR) is 96.6 cm³/mol. The fourth-order valence-electron chi connectivity index (χ4n) is 4.62. The molecule has 2 aromatic heterocycles. The van der Waals surface area contributed by atoms with Crippen molar-refractivity contribution in [3.63, 3.8) is 0 Å². The molecule has 2 aromatic rings. The van der Waals surface area contributed by atoms with Crippen LogP contribution in [-0.4, -0.2) is 40.2 Å². The lowest BCUT2D eigenvalue weighted by Gasteiger charge is -2.32. The van der Waals surface area contributed by atoms with Crippen molar-refractivity contribution in [1.82, 2.24) is 15.0 Å². The number of rotatable bonds is 2. The number of hydrogen-bond donors (Lipinski definition) is 0. The first-order chi connectivity index (χ1) is 12.4. The number of fused-ring (bicyclic) bond motifs is 2. The van der Waals surface area contributed by atoms with Gasteiger partial charge in [-0.3, -0.25) is 4.98 Å². The van der Waals surface area contributed by atoms with E-state index in [1.54, 1.807) is 0 Å². The highest BCUT2D eigenvalue weighted by atomic mass is 16.5. The van der Waals surface area contributed by atoms with Gasteiger partial charge in [-0.25, -0.2) is 9.97 Å². The van der Waals surface area contributed by atoms with Crippen molar-refractivity contribution < 1.29 is 4.74 Å². The van der Waals surface area contributed by atoms with Crippen LogP contribution in [0.15, 0.2) is 24.4 Å². The Morgan fingerprint density at radius 1 is 1.04 bits per heavy atom. The molecule has 5 rings (SSSR count). The van der Waals surface area contributed by atoms with Crippen LogP contribution in [0.5, 0.6) is 0 Å². The molecule has 0 N–H and O–H groups in total. The molecule has 0 bridgehead atoms. The first-order valence-electron chi connectivity index (χ1n) is 9.59. The Labute approximate surface area is 148 Å². The lowest BCUT2D eigenvalue weighted by molar-refractivity contribution is 0.0590. The molecule has 5 heteroatoms. The van der Waals surface area contributed by atoms with Gasteiger partial charge < -0.3 is 9.64 Å². The molecule has 1 aliphatic heterocycles. The van der Waals surface area contributed by atoms with Crippen LogP contribution in [0.25, 0.3) is 11.5 Å². The number of hydrogen-bond acceptors (Lipinski definition) is 5. The highest BCUT2D eigenvalue weighted by molar-refractivity contribution is 5.59. The van der Waals surface area contributed by atoms with E-state index in [4.69, 9.17) is 14.7 Å². The maximum Gasteiger partial charge on any atom is 0.180 e.